The van der Waals surface area contributed by atoms with Crippen molar-refractivity contribution in [3.05, 3.63) is 87.9 Å². The average Bonchev–Trinajstić information content (AvgIpc) is 3.41. The van der Waals surface area contributed by atoms with Gasteiger partial charge in [0.15, 0.2) is 0 Å². The molecule has 1 fully saturated rings. The highest BCUT2D eigenvalue weighted by Gasteiger charge is 2.27. The average molecular weight is 419 g/mol. The summed E-state index contributed by atoms with van der Waals surface area (Å²) in [7, 11) is 0. The number of ether oxygens (including phenoxy) is 1. The molecule has 0 spiro atoms. The molecule has 0 saturated carbocycles. The van der Waals surface area contributed by atoms with Crippen LogP contribution in [0.25, 0.3) is 6.08 Å². The first-order chi connectivity index (χ1) is 14.7. The molecule has 0 radical (unpaired) electrons. The molecule has 1 unspecified atom stereocenters. The summed E-state index contributed by atoms with van der Waals surface area (Å²) >= 11 is 1.63. The maximum absolute atomic E-state index is 12.8. The Labute approximate surface area is 181 Å². The van der Waals surface area contributed by atoms with E-state index in [0.29, 0.717) is 6.61 Å². The van der Waals surface area contributed by atoms with Crippen molar-refractivity contribution in [3.63, 3.8) is 0 Å². The Kier molecular flexibility index (Phi) is 6.60. The van der Waals surface area contributed by atoms with Crippen LogP contribution in [0.5, 0.6) is 5.75 Å². The molecule has 3 aromatic rings. The molecular weight excluding hydrogens is 392 g/mol. The van der Waals surface area contributed by atoms with Gasteiger partial charge in [-0.1, -0.05) is 42.5 Å². The fourth-order valence-electron chi connectivity index (χ4n) is 3.79. The smallest absolute Gasteiger partial charge is 0.246 e. The number of thiazole rings is 1. The first-order valence-electron chi connectivity index (χ1n) is 10.3. The lowest BCUT2D eigenvalue weighted by Crippen LogP contribution is -2.35. The van der Waals surface area contributed by atoms with E-state index in [1.807, 2.05) is 53.6 Å². The van der Waals surface area contributed by atoms with Crippen molar-refractivity contribution in [3.8, 4) is 5.75 Å². The number of aromatic nitrogens is 1. The van der Waals surface area contributed by atoms with Gasteiger partial charge < -0.3 is 9.64 Å². The van der Waals surface area contributed by atoms with Gasteiger partial charge in [-0.3, -0.25) is 4.79 Å². The second-order valence-corrected chi connectivity index (χ2v) is 8.63. The molecular formula is C25H26N2O2S. The van der Waals surface area contributed by atoms with Crippen LogP contribution in [-0.4, -0.2) is 28.4 Å². The van der Waals surface area contributed by atoms with Crippen molar-refractivity contribution in [1.82, 2.24) is 9.88 Å². The van der Waals surface area contributed by atoms with Crippen molar-refractivity contribution >= 4 is 23.3 Å². The largest absolute Gasteiger partial charge is 0.487 e. The van der Waals surface area contributed by atoms with Crippen molar-refractivity contribution < 1.29 is 9.53 Å². The van der Waals surface area contributed by atoms with E-state index in [1.54, 1.807) is 17.4 Å². The second-order valence-electron chi connectivity index (χ2n) is 7.57. The van der Waals surface area contributed by atoms with Gasteiger partial charge in [0.2, 0.25) is 5.91 Å². The van der Waals surface area contributed by atoms with Crippen LogP contribution in [0.1, 0.15) is 34.7 Å². The molecule has 0 bridgehead atoms. The fourth-order valence-corrected chi connectivity index (χ4v) is 4.39. The molecule has 5 heteroatoms. The Morgan fingerprint density at radius 2 is 2.00 bits per heavy atom. The lowest BCUT2D eigenvalue weighted by Gasteiger charge is -2.23. The highest BCUT2D eigenvalue weighted by molar-refractivity contribution is 7.09. The standard InChI is InChI=1S/C25H26N2O2S/c1-19-26-22(18-30-19)17-29-24-12-9-20(10-13-24)11-14-25(28)27-15-5-8-23(27)16-21-6-3-2-4-7-21/h2-4,6-7,9-14,18,23H,5,8,15-17H2,1H3/b14-11+. The zero-order chi connectivity index (χ0) is 20.8. The minimum absolute atomic E-state index is 0.0904. The Morgan fingerprint density at radius 3 is 2.73 bits per heavy atom. The van der Waals surface area contributed by atoms with E-state index in [-0.39, 0.29) is 11.9 Å². The van der Waals surface area contributed by atoms with E-state index >= 15 is 0 Å². The number of aryl methyl sites for hydroxylation is 1. The molecule has 1 aromatic heterocycles. The van der Waals surface area contributed by atoms with Crippen LogP contribution >= 0.6 is 11.3 Å². The first-order valence-corrected chi connectivity index (χ1v) is 11.2. The summed E-state index contributed by atoms with van der Waals surface area (Å²) < 4.78 is 5.78. The summed E-state index contributed by atoms with van der Waals surface area (Å²) in [5.74, 6) is 0.888. The third-order valence-electron chi connectivity index (χ3n) is 5.33. The van der Waals surface area contributed by atoms with Crippen LogP contribution in [0, 0.1) is 6.92 Å². The van der Waals surface area contributed by atoms with Crippen molar-refractivity contribution in [1.29, 1.82) is 0 Å². The van der Waals surface area contributed by atoms with Crippen LogP contribution in [-0.2, 0) is 17.8 Å². The molecule has 154 valence electrons. The Balaban J connectivity index is 1.31. The number of hydrogen-bond donors (Lipinski definition) is 0. The monoisotopic (exact) mass is 418 g/mol. The molecule has 1 aliphatic rings. The molecule has 0 aliphatic carbocycles. The topological polar surface area (TPSA) is 42.4 Å². The highest BCUT2D eigenvalue weighted by atomic mass is 32.1. The molecule has 1 aliphatic heterocycles. The number of carbonyl (C=O) groups is 1. The lowest BCUT2D eigenvalue weighted by molar-refractivity contribution is -0.126. The molecule has 1 amide bonds. The summed E-state index contributed by atoms with van der Waals surface area (Å²) in [4.78, 5) is 19.2. The summed E-state index contributed by atoms with van der Waals surface area (Å²) in [6.45, 7) is 3.29. The predicted molar refractivity (Wildman–Crippen MR) is 122 cm³/mol. The molecule has 1 atom stereocenters. The van der Waals surface area contributed by atoms with E-state index < -0.39 is 0 Å². The number of likely N-dealkylation sites (tertiary alicyclic amines) is 1. The Hall–Kier alpha value is -2.92. The first kappa shape index (κ1) is 20.4. The molecule has 2 aromatic carbocycles. The van der Waals surface area contributed by atoms with Gasteiger partial charge in [-0.15, -0.1) is 11.3 Å². The molecule has 0 N–H and O–H groups in total. The number of amides is 1. The van der Waals surface area contributed by atoms with E-state index in [1.165, 1.54) is 5.56 Å². The molecule has 2 heterocycles. The van der Waals surface area contributed by atoms with E-state index in [0.717, 1.165) is 47.8 Å². The van der Waals surface area contributed by atoms with Gasteiger partial charge in [-0.05, 0) is 55.5 Å². The van der Waals surface area contributed by atoms with Gasteiger partial charge in [0.25, 0.3) is 0 Å². The van der Waals surface area contributed by atoms with Crippen LogP contribution in [0.2, 0.25) is 0 Å². The SMILES string of the molecule is Cc1nc(COc2ccc(/C=C/C(=O)N3CCCC3Cc3ccccc3)cc2)cs1. The number of rotatable bonds is 7. The maximum Gasteiger partial charge on any atom is 0.246 e. The molecule has 4 nitrogen and oxygen atoms in total. The van der Waals surface area contributed by atoms with Gasteiger partial charge >= 0.3 is 0 Å². The fraction of sp³-hybridized carbons (Fsp3) is 0.280. The minimum Gasteiger partial charge on any atom is -0.487 e. The zero-order valence-corrected chi connectivity index (χ0v) is 18.0. The second kappa shape index (κ2) is 9.72. The minimum atomic E-state index is 0.0904. The normalized spacial score (nSPS) is 16.3. The van der Waals surface area contributed by atoms with Crippen LogP contribution < -0.4 is 4.74 Å². The summed E-state index contributed by atoms with van der Waals surface area (Å²) in [6.07, 6.45) is 6.64. The quantitative estimate of drug-likeness (QED) is 0.491. The lowest BCUT2D eigenvalue weighted by atomic mass is 10.0. The van der Waals surface area contributed by atoms with E-state index in [9.17, 15) is 4.79 Å². The molecule has 4 rings (SSSR count). The number of carbonyl (C=O) groups excluding carboxylic acids is 1. The molecule has 30 heavy (non-hydrogen) atoms. The Bertz CT molecular complexity index is 996. The Morgan fingerprint density at radius 1 is 1.20 bits per heavy atom. The number of benzene rings is 2. The van der Waals surface area contributed by atoms with E-state index in [4.69, 9.17) is 4.74 Å². The number of hydrogen-bond acceptors (Lipinski definition) is 4. The van der Waals surface area contributed by atoms with Gasteiger partial charge in [-0.2, -0.15) is 0 Å². The third kappa shape index (κ3) is 5.36. The number of nitrogens with zero attached hydrogens (tertiary/aromatic N) is 2. The maximum atomic E-state index is 12.8. The van der Waals surface area contributed by atoms with Gasteiger partial charge in [-0.25, -0.2) is 4.98 Å². The highest BCUT2D eigenvalue weighted by Crippen LogP contribution is 2.22. The van der Waals surface area contributed by atoms with Crippen LogP contribution in [0.3, 0.4) is 0 Å². The van der Waals surface area contributed by atoms with Crippen LogP contribution in [0.15, 0.2) is 66.1 Å². The summed E-state index contributed by atoms with van der Waals surface area (Å²) in [6, 6.07) is 18.5. The third-order valence-corrected chi connectivity index (χ3v) is 6.15. The summed E-state index contributed by atoms with van der Waals surface area (Å²) in [5.41, 5.74) is 3.22. The van der Waals surface area contributed by atoms with E-state index in [2.05, 4.69) is 29.2 Å². The van der Waals surface area contributed by atoms with Gasteiger partial charge in [0.1, 0.15) is 12.4 Å². The van der Waals surface area contributed by atoms with Crippen molar-refractivity contribution in [2.75, 3.05) is 6.54 Å². The van der Waals surface area contributed by atoms with Crippen molar-refractivity contribution in [2.45, 2.75) is 38.8 Å². The van der Waals surface area contributed by atoms with Crippen LogP contribution in [0.4, 0.5) is 0 Å². The predicted octanol–water partition coefficient (Wildman–Crippen LogP) is 5.28. The molecule has 1 saturated heterocycles. The zero-order valence-electron chi connectivity index (χ0n) is 17.2. The van der Waals surface area contributed by atoms with Gasteiger partial charge in [0, 0.05) is 24.0 Å². The van der Waals surface area contributed by atoms with Crippen molar-refractivity contribution in [2.24, 2.45) is 0 Å². The summed E-state index contributed by atoms with van der Waals surface area (Å²) in [5, 5.41) is 3.06. The van der Waals surface area contributed by atoms with Gasteiger partial charge in [0.05, 0.1) is 10.7 Å².